The van der Waals surface area contributed by atoms with Crippen LogP contribution in [0.5, 0.6) is 0 Å². The SMILES string of the molecule is CCC1(CC)O[C@H](C(=O)OC)[C@@H](c2ccc(Cl)cc2Cl)O1. The van der Waals surface area contributed by atoms with Crippen molar-refractivity contribution < 1.29 is 19.0 Å². The van der Waals surface area contributed by atoms with Gasteiger partial charge in [0.05, 0.1) is 7.11 Å². The van der Waals surface area contributed by atoms with Crippen LogP contribution in [0, 0.1) is 0 Å². The Balaban J connectivity index is 2.40. The highest BCUT2D eigenvalue weighted by Gasteiger charge is 2.50. The van der Waals surface area contributed by atoms with Gasteiger partial charge in [-0.1, -0.05) is 43.1 Å². The standard InChI is InChI=1S/C15H18Cl2O4/c1-4-15(5-2)20-12(13(21-15)14(18)19-3)10-7-6-9(16)8-11(10)17/h6-8,12-13H,4-5H2,1-3H3/t12-,13+/m1/s1. The summed E-state index contributed by atoms with van der Waals surface area (Å²) in [5.74, 6) is -1.28. The number of carbonyl (C=O) groups is 1. The summed E-state index contributed by atoms with van der Waals surface area (Å²) in [6.07, 6.45) is -0.201. The maximum atomic E-state index is 12.0. The lowest BCUT2D eigenvalue weighted by molar-refractivity contribution is -0.187. The van der Waals surface area contributed by atoms with Gasteiger partial charge in [0.15, 0.2) is 11.9 Å². The third-order valence-corrected chi connectivity index (χ3v) is 4.30. The van der Waals surface area contributed by atoms with Gasteiger partial charge >= 0.3 is 5.97 Å². The Labute approximate surface area is 134 Å². The number of benzene rings is 1. The largest absolute Gasteiger partial charge is 0.467 e. The summed E-state index contributed by atoms with van der Waals surface area (Å²) in [4.78, 5) is 12.0. The van der Waals surface area contributed by atoms with E-state index in [2.05, 4.69) is 0 Å². The zero-order valence-electron chi connectivity index (χ0n) is 12.2. The maximum Gasteiger partial charge on any atom is 0.338 e. The van der Waals surface area contributed by atoms with E-state index in [1.165, 1.54) is 7.11 Å². The number of hydrogen-bond acceptors (Lipinski definition) is 4. The maximum absolute atomic E-state index is 12.0. The summed E-state index contributed by atoms with van der Waals surface area (Å²) in [6.45, 7) is 3.90. The fourth-order valence-electron chi connectivity index (χ4n) is 2.44. The molecule has 2 rings (SSSR count). The summed E-state index contributed by atoms with van der Waals surface area (Å²) in [6, 6.07) is 5.07. The van der Waals surface area contributed by atoms with E-state index in [0.717, 1.165) is 0 Å². The molecule has 0 N–H and O–H groups in total. The van der Waals surface area contributed by atoms with Crippen molar-refractivity contribution >= 4 is 29.2 Å². The van der Waals surface area contributed by atoms with Crippen LogP contribution in [-0.2, 0) is 19.0 Å². The van der Waals surface area contributed by atoms with E-state index >= 15 is 0 Å². The monoisotopic (exact) mass is 332 g/mol. The second kappa shape index (κ2) is 6.53. The van der Waals surface area contributed by atoms with Crippen molar-refractivity contribution in [3.05, 3.63) is 33.8 Å². The van der Waals surface area contributed by atoms with Crippen LogP contribution in [0.4, 0.5) is 0 Å². The van der Waals surface area contributed by atoms with Crippen LogP contribution < -0.4 is 0 Å². The van der Waals surface area contributed by atoms with Crippen LogP contribution in [0.3, 0.4) is 0 Å². The Morgan fingerprint density at radius 3 is 2.48 bits per heavy atom. The zero-order valence-corrected chi connectivity index (χ0v) is 13.7. The van der Waals surface area contributed by atoms with Crippen molar-refractivity contribution in [2.24, 2.45) is 0 Å². The highest BCUT2D eigenvalue weighted by atomic mass is 35.5. The lowest BCUT2D eigenvalue weighted by Gasteiger charge is -2.25. The molecule has 1 aromatic carbocycles. The first-order chi connectivity index (χ1) is 9.96. The molecule has 0 aliphatic carbocycles. The van der Waals surface area contributed by atoms with Crippen LogP contribution in [0.2, 0.25) is 10.0 Å². The summed E-state index contributed by atoms with van der Waals surface area (Å²) in [5, 5.41) is 0.961. The first kappa shape index (κ1) is 16.6. The molecule has 1 aliphatic heterocycles. The summed E-state index contributed by atoms with van der Waals surface area (Å²) < 4.78 is 16.7. The van der Waals surface area contributed by atoms with Gasteiger partial charge in [0.1, 0.15) is 6.10 Å². The van der Waals surface area contributed by atoms with Gasteiger partial charge in [-0.3, -0.25) is 0 Å². The average molecular weight is 333 g/mol. The number of rotatable bonds is 4. The average Bonchev–Trinajstić information content (AvgIpc) is 2.87. The molecule has 0 unspecified atom stereocenters. The molecule has 6 heteroatoms. The Morgan fingerprint density at radius 2 is 1.95 bits per heavy atom. The first-order valence-electron chi connectivity index (χ1n) is 6.84. The van der Waals surface area contributed by atoms with Gasteiger partial charge in [0.2, 0.25) is 0 Å². The Kier molecular flexibility index (Phi) is 5.15. The predicted molar refractivity (Wildman–Crippen MR) is 80.5 cm³/mol. The van der Waals surface area contributed by atoms with E-state index in [0.29, 0.717) is 28.5 Å². The van der Waals surface area contributed by atoms with E-state index in [4.69, 9.17) is 37.4 Å². The Morgan fingerprint density at radius 1 is 1.29 bits per heavy atom. The Bertz CT molecular complexity index is 528. The minimum Gasteiger partial charge on any atom is -0.467 e. The molecule has 116 valence electrons. The van der Waals surface area contributed by atoms with Gasteiger partial charge in [-0.05, 0) is 25.0 Å². The van der Waals surface area contributed by atoms with Gasteiger partial charge in [-0.2, -0.15) is 0 Å². The van der Waals surface area contributed by atoms with Crippen molar-refractivity contribution in [2.75, 3.05) is 7.11 Å². The topological polar surface area (TPSA) is 44.8 Å². The van der Waals surface area contributed by atoms with Crippen LogP contribution in [0.15, 0.2) is 18.2 Å². The highest BCUT2D eigenvalue weighted by Crippen LogP contribution is 2.44. The summed E-state index contributed by atoms with van der Waals surface area (Å²) >= 11 is 12.1. The normalized spacial score (nSPS) is 24.0. The molecular formula is C15H18Cl2O4. The molecule has 0 aromatic heterocycles. The van der Waals surface area contributed by atoms with Gasteiger partial charge in [-0.25, -0.2) is 4.79 Å². The van der Waals surface area contributed by atoms with Crippen LogP contribution in [0.1, 0.15) is 38.4 Å². The number of hydrogen-bond donors (Lipinski definition) is 0. The molecule has 0 spiro atoms. The van der Waals surface area contributed by atoms with E-state index in [1.54, 1.807) is 18.2 Å². The highest BCUT2D eigenvalue weighted by molar-refractivity contribution is 6.35. The van der Waals surface area contributed by atoms with Gasteiger partial charge in [0.25, 0.3) is 0 Å². The molecule has 0 amide bonds. The molecule has 2 atom stereocenters. The third-order valence-electron chi connectivity index (χ3n) is 3.74. The number of methoxy groups -OCH3 is 1. The van der Waals surface area contributed by atoms with E-state index < -0.39 is 24.0 Å². The number of esters is 1. The molecule has 0 radical (unpaired) electrons. The first-order valence-corrected chi connectivity index (χ1v) is 7.60. The van der Waals surface area contributed by atoms with Crippen LogP contribution in [0.25, 0.3) is 0 Å². The quantitative estimate of drug-likeness (QED) is 0.777. The molecule has 1 saturated heterocycles. The van der Waals surface area contributed by atoms with E-state index in [-0.39, 0.29) is 0 Å². The molecule has 1 aromatic rings. The van der Waals surface area contributed by atoms with E-state index in [9.17, 15) is 4.79 Å². The van der Waals surface area contributed by atoms with Crippen LogP contribution >= 0.6 is 23.2 Å². The fourth-order valence-corrected chi connectivity index (χ4v) is 2.96. The molecule has 21 heavy (non-hydrogen) atoms. The van der Waals surface area contributed by atoms with Crippen molar-refractivity contribution in [2.45, 2.75) is 44.7 Å². The molecule has 1 heterocycles. The lowest BCUT2D eigenvalue weighted by Crippen LogP contribution is -2.32. The second-order valence-electron chi connectivity index (χ2n) is 4.88. The lowest BCUT2D eigenvalue weighted by atomic mass is 10.0. The van der Waals surface area contributed by atoms with Crippen molar-refractivity contribution in [1.82, 2.24) is 0 Å². The third kappa shape index (κ3) is 3.19. The second-order valence-corrected chi connectivity index (χ2v) is 5.73. The van der Waals surface area contributed by atoms with Crippen molar-refractivity contribution in [3.8, 4) is 0 Å². The molecule has 1 fully saturated rings. The summed E-state index contributed by atoms with van der Waals surface area (Å²) in [5.41, 5.74) is 0.667. The minimum absolute atomic E-state index is 0.438. The Hall–Kier alpha value is -0.810. The fraction of sp³-hybridized carbons (Fsp3) is 0.533. The smallest absolute Gasteiger partial charge is 0.338 e. The molecule has 1 aliphatic rings. The number of carbonyl (C=O) groups excluding carboxylic acids is 1. The van der Waals surface area contributed by atoms with Crippen molar-refractivity contribution in [1.29, 1.82) is 0 Å². The molecular weight excluding hydrogens is 315 g/mol. The van der Waals surface area contributed by atoms with E-state index in [1.807, 2.05) is 13.8 Å². The molecule has 4 nitrogen and oxygen atoms in total. The van der Waals surface area contributed by atoms with Crippen molar-refractivity contribution in [3.63, 3.8) is 0 Å². The van der Waals surface area contributed by atoms with Gasteiger partial charge < -0.3 is 14.2 Å². The number of ether oxygens (including phenoxy) is 3. The van der Waals surface area contributed by atoms with Gasteiger partial charge in [-0.15, -0.1) is 0 Å². The van der Waals surface area contributed by atoms with Gasteiger partial charge in [0, 0.05) is 15.6 Å². The predicted octanol–water partition coefficient (Wildman–Crippen LogP) is 4.14. The number of halogens is 2. The summed E-state index contributed by atoms with van der Waals surface area (Å²) in [7, 11) is 1.32. The molecule has 0 bridgehead atoms. The minimum atomic E-state index is -0.839. The zero-order chi connectivity index (χ0) is 15.6. The molecule has 0 saturated carbocycles. The van der Waals surface area contributed by atoms with Crippen LogP contribution in [-0.4, -0.2) is 25.0 Å².